The molecule has 2 bridgehead atoms. The van der Waals surface area contributed by atoms with Gasteiger partial charge < -0.3 is 0 Å². The third-order valence-corrected chi connectivity index (χ3v) is 6.50. The summed E-state index contributed by atoms with van der Waals surface area (Å²) in [6.45, 7) is 8.38. The molecule has 0 spiro atoms. The monoisotopic (exact) mass is 350 g/mol. The maximum atomic E-state index is 4.63. The minimum atomic E-state index is 0.778. The van der Waals surface area contributed by atoms with Gasteiger partial charge in [0.1, 0.15) is 0 Å². The number of rotatable bonds is 5. The SMILES string of the molecule is Cc1ccccc1-n1cc(CN2C[C@H]3CC[C@@H](C2)N(CC2CC2)C3)cn1. The van der Waals surface area contributed by atoms with Crippen molar-refractivity contribution < 1.29 is 0 Å². The zero-order valence-electron chi connectivity index (χ0n) is 15.8. The van der Waals surface area contributed by atoms with E-state index < -0.39 is 0 Å². The molecule has 26 heavy (non-hydrogen) atoms. The summed E-state index contributed by atoms with van der Waals surface area (Å²) in [6.07, 6.45) is 10.0. The summed E-state index contributed by atoms with van der Waals surface area (Å²) in [7, 11) is 0. The molecule has 2 aromatic rings. The van der Waals surface area contributed by atoms with Gasteiger partial charge in [-0.05, 0) is 56.1 Å². The van der Waals surface area contributed by atoms with Crippen molar-refractivity contribution in [3.63, 3.8) is 0 Å². The van der Waals surface area contributed by atoms with E-state index in [1.54, 1.807) is 0 Å². The van der Waals surface area contributed by atoms with Crippen molar-refractivity contribution in [2.75, 3.05) is 26.2 Å². The standard InChI is InChI=1S/C22H30N4/c1-17-4-2-3-5-22(17)26-15-20(10-23-26)12-24-11-19-8-9-21(16-24)25(14-19)13-18-6-7-18/h2-5,10,15,18-19,21H,6-9,11-14,16H2,1H3/t19-,21+/m1/s1. The van der Waals surface area contributed by atoms with Gasteiger partial charge in [-0.3, -0.25) is 9.80 Å². The fourth-order valence-electron chi connectivity index (χ4n) is 4.91. The number of fused-ring (bicyclic) bond motifs is 4. The summed E-state index contributed by atoms with van der Waals surface area (Å²) in [5.74, 6) is 1.87. The Morgan fingerprint density at radius 3 is 2.77 bits per heavy atom. The van der Waals surface area contributed by atoms with Crippen LogP contribution in [0.4, 0.5) is 0 Å². The van der Waals surface area contributed by atoms with Crippen LogP contribution in [0, 0.1) is 18.8 Å². The van der Waals surface area contributed by atoms with Crippen LogP contribution in [-0.2, 0) is 6.54 Å². The Kier molecular flexibility index (Phi) is 4.33. The van der Waals surface area contributed by atoms with E-state index in [4.69, 9.17) is 0 Å². The molecule has 1 saturated carbocycles. The molecule has 1 aromatic carbocycles. The molecule has 4 nitrogen and oxygen atoms in total. The molecule has 1 aromatic heterocycles. The molecule has 138 valence electrons. The lowest BCUT2D eigenvalue weighted by atomic mass is 9.95. The summed E-state index contributed by atoms with van der Waals surface area (Å²) in [5, 5.41) is 4.63. The second-order valence-electron chi connectivity index (χ2n) is 8.77. The maximum Gasteiger partial charge on any atom is 0.0674 e. The van der Waals surface area contributed by atoms with E-state index in [9.17, 15) is 0 Å². The topological polar surface area (TPSA) is 24.3 Å². The predicted octanol–water partition coefficient (Wildman–Crippen LogP) is 3.49. The van der Waals surface area contributed by atoms with Crippen LogP contribution >= 0.6 is 0 Å². The molecule has 0 N–H and O–H groups in total. The van der Waals surface area contributed by atoms with Crippen LogP contribution in [0.5, 0.6) is 0 Å². The van der Waals surface area contributed by atoms with Gasteiger partial charge in [0.05, 0.1) is 11.9 Å². The molecule has 0 radical (unpaired) electrons. The van der Waals surface area contributed by atoms with E-state index >= 15 is 0 Å². The summed E-state index contributed by atoms with van der Waals surface area (Å²) >= 11 is 0. The molecule has 0 amide bonds. The van der Waals surface area contributed by atoms with E-state index in [1.807, 2.05) is 4.68 Å². The van der Waals surface area contributed by atoms with Gasteiger partial charge in [-0.1, -0.05) is 18.2 Å². The molecule has 6 rings (SSSR count). The molecule has 3 aliphatic heterocycles. The first-order valence-electron chi connectivity index (χ1n) is 10.3. The average molecular weight is 351 g/mol. The van der Waals surface area contributed by atoms with Gasteiger partial charge >= 0.3 is 0 Å². The lowest BCUT2D eigenvalue weighted by Gasteiger charge is -2.36. The number of para-hydroxylation sites is 1. The van der Waals surface area contributed by atoms with Gasteiger partial charge in [0, 0.05) is 50.5 Å². The lowest BCUT2D eigenvalue weighted by molar-refractivity contribution is 0.125. The number of hydrogen-bond acceptors (Lipinski definition) is 3. The molecular formula is C22H30N4. The highest BCUT2D eigenvalue weighted by Gasteiger charge is 2.37. The molecule has 0 unspecified atom stereocenters. The highest BCUT2D eigenvalue weighted by Crippen LogP contribution is 2.35. The Hall–Kier alpha value is -1.65. The Balaban J connectivity index is 1.27. The van der Waals surface area contributed by atoms with Crippen LogP contribution in [0.3, 0.4) is 0 Å². The molecule has 4 fully saturated rings. The van der Waals surface area contributed by atoms with Crippen molar-refractivity contribution in [3.8, 4) is 5.69 Å². The van der Waals surface area contributed by atoms with Crippen LogP contribution in [0.1, 0.15) is 36.8 Å². The molecule has 3 saturated heterocycles. The van der Waals surface area contributed by atoms with Crippen molar-refractivity contribution in [2.24, 2.45) is 11.8 Å². The molecular weight excluding hydrogens is 320 g/mol. The molecule has 2 atom stereocenters. The molecule has 1 aliphatic carbocycles. The Labute approximate surface area is 156 Å². The predicted molar refractivity (Wildman–Crippen MR) is 104 cm³/mol. The van der Waals surface area contributed by atoms with E-state index in [2.05, 4.69) is 58.5 Å². The summed E-state index contributed by atoms with van der Waals surface area (Å²) < 4.78 is 2.04. The van der Waals surface area contributed by atoms with Gasteiger partial charge in [-0.15, -0.1) is 0 Å². The number of piperidine rings is 1. The highest BCUT2D eigenvalue weighted by molar-refractivity contribution is 5.39. The van der Waals surface area contributed by atoms with Crippen molar-refractivity contribution in [3.05, 3.63) is 47.8 Å². The second kappa shape index (κ2) is 6.82. The van der Waals surface area contributed by atoms with Crippen molar-refractivity contribution in [1.82, 2.24) is 19.6 Å². The van der Waals surface area contributed by atoms with E-state index in [1.165, 1.54) is 68.7 Å². The van der Waals surface area contributed by atoms with Crippen molar-refractivity contribution in [2.45, 2.75) is 45.2 Å². The van der Waals surface area contributed by atoms with Crippen LogP contribution < -0.4 is 0 Å². The van der Waals surface area contributed by atoms with Gasteiger partial charge in [0.25, 0.3) is 0 Å². The Bertz CT molecular complexity index is 763. The summed E-state index contributed by atoms with van der Waals surface area (Å²) in [6, 6.07) is 9.25. The first-order chi connectivity index (χ1) is 12.7. The molecule has 4 heterocycles. The quantitative estimate of drug-likeness (QED) is 0.825. The zero-order chi connectivity index (χ0) is 17.5. The molecule has 4 heteroatoms. The Morgan fingerprint density at radius 1 is 1.04 bits per heavy atom. The number of nitrogens with zero attached hydrogens (tertiary/aromatic N) is 4. The first-order valence-corrected chi connectivity index (χ1v) is 10.3. The van der Waals surface area contributed by atoms with Gasteiger partial charge in [0.15, 0.2) is 0 Å². The summed E-state index contributed by atoms with van der Waals surface area (Å²) in [4.78, 5) is 5.51. The smallest absolute Gasteiger partial charge is 0.0674 e. The van der Waals surface area contributed by atoms with Gasteiger partial charge in [-0.2, -0.15) is 5.10 Å². The molecule has 4 aliphatic rings. The third-order valence-electron chi connectivity index (χ3n) is 6.50. The van der Waals surface area contributed by atoms with Crippen molar-refractivity contribution in [1.29, 1.82) is 0 Å². The van der Waals surface area contributed by atoms with Crippen LogP contribution in [0.25, 0.3) is 5.69 Å². The number of aryl methyl sites for hydroxylation is 1. The fraction of sp³-hybridized carbons (Fsp3) is 0.591. The van der Waals surface area contributed by atoms with Gasteiger partial charge in [0.2, 0.25) is 0 Å². The largest absolute Gasteiger partial charge is 0.299 e. The zero-order valence-corrected chi connectivity index (χ0v) is 15.8. The average Bonchev–Trinajstić information content (AvgIpc) is 3.39. The normalized spacial score (nSPS) is 27.0. The fourth-order valence-corrected chi connectivity index (χ4v) is 4.91. The third kappa shape index (κ3) is 3.45. The minimum Gasteiger partial charge on any atom is -0.299 e. The van der Waals surface area contributed by atoms with E-state index in [0.29, 0.717) is 0 Å². The second-order valence-corrected chi connectivity index (χ2v) is 8.77. The van der Waals surface area contributed by atoms with Crippen LogP contribution in [0.15, 0.2) is 36.7 Å². The highest BCUT2D eigenvalue weighted by atomic mass is 15.3. The van der Waals surface area contributed by atoms with Crippen LogP contribution in [0.2, 0.25) is 0 Å². The maximum absolute atomic E-state index is 4.63. The lowest BCUT2D eigenvalue weighted by Crippen LogP contribution is -2.44. The number of hydrogen-bond donors (Lipinski definition) is 0. The minimum absolute atomic E-state index is 0.778. The van der Waals surface area contributed by atoms with E-state index in [0.717, 1.165) is 24.4 Å². The van der Waals surface area contributed by atoms with Crippen molar-refractivity contribution >= 4 is 0 Å². The number of benzene rings is 1. The summed E-state index contributed by atoms with van der Waals surface area (Å²) in [5.41, 5.74) is 3.79. The number of aromatic nitrogens is 2. The van der Waals surface area contributed by atoms with Crippen LogP contribution in [-0.4, -0.2) is 51.8 Å². The van der Waals surface area contributed by atoms with Gasteiger partial charge in [-0.25, -0.2) is 4.68 Å². The first kappa shape index (κ1) is 16.5. The van der Waals surface area contributed by atoms with E-state index in [-0.39, 0.29) is 0 Å². The Morgan fingerprint density at radius 2 is 1.92 bits per heavy atom.